The molecule has 2 amide bonds. The number of anilines is 1. The molecule has 0 atom stereocenters. The minimum absolute atomic E-state index is 0.0289. The van der Waals surface area contributed by atoms with Crippen molar-refractivity contribution in [3.8, 4) is 0 Å². The molecule has 2 N–H and O–H groups in total. The van der Waals surface area contributed by atoms with Crippen LogP contribution in [0.5, 0.6) is 0 Å². The lowest BCUT2D eigenvalue weighted by Gasteiger charge is -2.38. The zero-order valence-electron chi connectivity index (χ0n) is 17.9. The first kappa shape index (κ1) is 20.6. The SMILES string of the molecule is Cc1c(C(=O)NC2(CCc3ccc(NC(=O)C4CC4)nc3)CCCCC2)cnn1C. The van der Waals surface area contributed by atoms with Gasteiger partial charge in [-0.25, -0.2) is 4.98 Å². The summed E-state index contributed by atoms with van der Waals surface area (Å²) in [6.07, 6.45) is 12.7. The summed E-state index contributed by atoms with van der Waals surface area (Å²) in [6.45, 7) is 1.92. The normalized spacial score (nSPS) is 18.1. The monoisotopic (exact) mass is 409 g/mol. The van der Waals surface area contributed by atoms with E-state index < -0.39 is 0 Å². The van der Waals surface area contributed by atoms with Gasteiger partial charge in [0.25, 0.3) is 5.91 Å². The van der Waals surface area contributed by atoms with E-state index in [4.69, 9.17) is 0 Å². The summed E-state index contributed by atoms with van der Waals surface area (Å²) in [4.78, 5) is 29.2. The van der Waals surface area contributed by atoms with Crippen LogP contribution in [0.3, 0.4) is 0 Å². The number of aromatic nitrogens is 3. The van der Waals surface area contributed by atoms with Crippen molar-refractivity contribution in [3.63, 3.8) is 0 Å². The Labute approximate surface area is 177 Å². The van der Waals surface area contributed by atoms with Crippen molar-refractivity contribution in [2.75, 3.05) is 5.32 Å². The van der Waals surface area contributed by atoms with E-state index in [2.05, 4.69) is 20.7 Å². The molecule has 2 aliphatic rings. The van der Waals surface area contributed by atoms with E-state index in [9.17, 15) is 9.59 Å². The first-order valence-corrected chi connectivity index (χ1v) is 11.0. The number of amides is 2. The maximum atomic E-state index is 13.0. The third-order valence-electron chi connectivity index (χ3n) is 6.59. The van der Waals surface area contributed by atoms with Crippen molar-refractivity contribution in [3.05, 3.63) is 41.3 Å². The number of hydrogen-bond acceptors (Lipinski definition) is 4. The summed E-state index contributed by atoms with van der Waals surface area (Å²) in [6, 6.07) is 3.90. The maximum absolute atomic E-state index is 13.0. The molecule has 0 unspecified atom stereocenters. The van der Waals surface area contributed by atoms with E-state index in [0.29, 0.717) is 11.4 Å². The molecule has 0 aromatic carbocycles. The fourth-order valence-corrected chi connectivity index (χ4v) is 4.30. The first-order chi connectivity index (χ1) is 14.5. The summed E-state index contributed by atoms with van der Waals surface area (Å²) in [7, 11) is 1.85. The molecule has 2 aromatic heterocycles. The van der Waals surface area contributed by atoms with Crippen LogP contribution in [0.4, 0.5) is 5.82 Å². The predicted molar refractivity (Wildman–Crippen MR) is 115 cm³/mol. The summed E-state index contributed by atoms with van der Waals surface area (Å²) in [5, 5.41) is 10.4. The van der Waals surface area contributed by atoms with Crippen LogP contribution in [-0.2, 0) is 18.3 Å². The molecule has 4 rings (SSSR count). The fraction of sp³-hybridized carbons (Fsp3) is 0.565. The Hall–Kier alpha value is -2.70. The average molecular weight is 410 g/mol. The molecular weight excluding hydrogens is 378 g/mol. The lowest BCUT2D eigenvalue weighted by molar-refractivity contribution is -0.117. The van der Waals surface area contributed by atoms with E-state index in [0.717, 1.165) is 62.6 Å². The number of carbonyl (C=O) groups is 2. The zero-order chi connectivity index (χ0) is 21.1. The van der Waals surface area contributed by atoms with Crippen molar-refractivity contribution >= 4 is 17.6 Å². The summed E-state index contributed by atoms with van der Waals surface area (Å²) >= 11 is 0. The van der Waals surface area contributed by atoms with Crippen LogP contribution in [0.25, 0.3) is 0 Å². The number of nitrogens with zero attached hydrogens (tertiary/aromatic N) is 3. The van der Waals surface area contributed by atoms with E-state index in [1.165, 1.54) is 6.42 Å². The van der Waals surface area contributed by atoms with Crippen molar-refractivity contribution in [1.29, 1.82) is 0 Å². The largest absolute Gasteiger partial charge is 0.346 e. The number of aryl methyl sites for hydroxylation is 2. The predicted octanol–water partition coefficient (Wildman–Crippen LogP) is 3.54. The van der Waals surface area contributed by atoms with Crippen molar-refractivity contribution in [2.24, 2.45) is 13.0 Å². The van der Waals surface area contributed by atoms with Crippen LogP contribution in [0.15, 0.2) is 24.5 Å². The van der Waals surface area contributed by atoms with Gasteiger partial charge in [-0.2, -0.15) is 5.10 Å². The zero-order valence-corrected chi connectivity index (χ0v) is 17.9. The third-order valence-corrected chi connectivity index (χ3v) is 6.59. The summed E-state index contributed by atoms with van der Waals surface area (Å²) in [5.41, 5.74) is 2.47. The lowest BCUT2D eigenvalue weighted by Crippen LogP contribution is -2.50. The molecule has 2 heterocycles. The van der Waals surface area contributed by atoms with Gasteiger partial charge >= 0.3 is 0 Å². The molecular formula is C23H31N5O2. The van der Waals surface area contributed by atoms with Crippen LogP contribution < -0.4 is 10.6 Å². The molecule has 0 radical (unpaired) electrons. The molecule has 0 bridgehead atoms. The number of rotatable bonds is 7. The van der Waals surface area contributed by atoms with Crippen LogP contribution in [0, 0.1) is 12.8 Å². The molecule has 0 aliphatic heterocycles. The Morgan fingerprint density at radius 3 is 2.53 bits per heavy atom. The molecule has 30 heavy (non-hydrogen) atoms. The number of carbonyl (C=O) groups excluding carboxylic acids is 2. The third kappa shape index (κ3) is 4.71. The topological polar surface area (TPSA) is 88.9 Å². The molecule has 160 valence electrons. The lowest BCUT2D eigenvalue weighted by atomic mass is 9.77. The Morgan fingerprint density at radius 1 is 1.17 bits per heavy atom. The van der Waals surface area contributed by atoms with Gasteiger partial charge < -0.3 is 10.6 Å². The van der Waals surface area contributed by atoms with Crippen molar-refractivity contribution in [1.82, 2.24) is 20.1 Å². The van der Waals surface area contributed by atoms with E-state index >= 15 is 0 Å². The summed E-state index contributed by atoms with van der Waals surface area (Å²) in [5.74, 6) is 0.830. The minimum Gasteiger partial charge on any atom is -0.346 e. The average Bonchev–Trinajstić information content (AvgIpc) is 3.54. The van der Waals surface area contributed by atoms with Gasteiger partial charge in [0.05, 0.1) is 11.8 Å². The van der Waals surface area contributed by atoms with Gasteiger partial charge in [-0.05, 0) is 57.1 Å². The second kappa shape index (κ2) is 8.58. The minimum atomic E-state index is -0.184. The molecule has 2 aliphatic carbocycles. The number of hydrogen-bond donors (Lipinski definition) is 2. The smallest absolute Gasteiger partial charge is 0.255 e. The highest BCUT2D eigenvalue weighted by molar-refractivity contribution is 5.95. The van der Waals surface area contributed by atoms with Gasteiger partial charge in [-0.1, -0.05) is 25.3 Å². The van der Waals surface area contributed by atoms with Crippen LogP contribution in [0.1, 0.15) is 73.0 Å². The highest BCUT2D eigenvalue weighted by Gasteiger charge is 2.34. The fourth-order valence-electron chi connectivity index (χ4n) is 4.30. The Balaban J connectivity index is 1.39. The van der Waals surface area contributed by atoms with E-state index in [1.807, 2.05) is 32.3 Å². The van der Waals surface area contributed by atoms with Gasteiger partial charge in [0.2, 0.25) is 5.91 Å². The van der Waals surface area contributed by atoms with E-state index in [-0.39, 0.29) is 23.3 Å². The van der Waals surface area contributed by atoms with Gasteiger partial charge in [0, 0.05) is 30.4 Å². The molecule has 0 spiro atoms. The standard InChI is InChI=1S/C23H31N5O2/c1-16-19(15-25-28(16)2)22(30)27-23(11-4-3-5-12-23)13-10-17-6-9-20(24-14-17)26-21(29)18-7-8-18/h6,9,14-15,18H,3-5,7-8,10-13H2,1-2H3,(H,27,30)(H,24,26,29). The van der Waals surface area contributed by atoms with Crippen molar-refractivity contribution in [2.45, 2.75) is 70.3 Å². The molecule has 2 fully saturated rings. The van der Waals surface area contributed by atoms with Crippen LogP contribution in [0.2, 0.25) is 0 Å². The van der Waals surface area contributed by atoms with Gasteiger partial charge in [0.1, 0.15) is 5.82 Å². The Morgan fingerprint density at radius 2 is 1.93 bits per heavy atom. The highest BCUT2D eigenvalue weighted by atomic mass is 16.2. The number of nitrogens with one attached hydrogen (secondary N) is 2. The molecule has 2 saturated carbocycles. The molecule has 0 saturated heterocycles. The summed E-state index contributed by atoms with van der Waals surface area (Å²) < 4.78 is 1.73. The highest BCUT2D eigenvalue weighted by Crippen LogP contribution is 2.33. The van der Waals surface area contributed by atoms with Gasteiger partial charge in [-0.15, -0.1) is 0 Å². The first-order valence-electron chi connectivity index (χ1n) is 11.0. The van der Waals surface area contributed by atoms with Gasteiger partial charge in [-0.3, -0.25) is 14.3 Å². The second-order valence-corrected chi connectivity index (χ2v) is 8.88. The Bertz CT molecular complexity index is 908. The molecule has 7 nitrogen and oxygen atoms in total. The van der Waals surface area contributed by atoms with Crippen LogP contribution >= 0.6 is 0 Å². The van der Waals surface area contributed by atoms with Crippen molar-refractivity contribution < 1.29 is 9.59 Å². The van der Waals surface area contributed by atoms with E-state index in [1.54, 1.807) is 10.9 Å². The quantitative estimate of drug-likeness (QED) is 0.732. The van der Waals surface area contributed by atoms with Gasteiger partial charge in [0.15, 0.2) is 0 Å². The second-order valence-electron chi connectivity index (χ2n) is 8.88. The molecule has 2 aromatic rings. The van der Waals surface area contributed by atoms with Crippen LogP contribution in [-0.4, -0.2) is 32.1 Å². The maximum Gasteiger partial charge on any atom is 0.255 e. The number of pyridine rings is 1. The Kier molecular flexibility index (Phi) is 5.88. The molecule has 7 heteroatoms.